The standard InChI is InChI=1S/C15H15NO2/c1-11-6-7-15(18)13(8-11)10-16-9-12-4-2-3-5-14(12)17/h2-8,10,17-18H,9H2,1H3/b16-10+. The van der Waals surface area contributed by atoms with Gasteiger partial charge in [0.25, 0.3) is 0 Å². The summed E-state index contributed by atoms with van der Waals surface area (Å²) in [5, 5.41) is 19.2. The van der Waals surface area contributed by atoms with Crippen molar-refractivity contribution in [3.8, 4) is 11.5 Å². The molecule has 0 spiro atoms. The van der Waals surface area contributed by atoms with Crippen molar-refractivity contribution in [2.24, 2.45) is 4.99 Å². The van der Waals surface area contributed by atoms with E-state index in [1.54, 1.807) is 24.4 Å². The number of benzene rings is 2. The van der Waals surface area contributed by atoms with Crippen LogP contribution < -0.4 is 0 Å². The molecule has 0 amide bonds. The van der Waals surface area contributed by atoms with Gasteiger partial charge in [0, 0.05) is 17.3 Å². The monoisotopic (exact) mass is 241 g/mol. The van der Waals surface area contributed by atoms with Gasteiger partial charge in [0.1, 0.15) is 11.5 Å². The Morgan fingerprint density at radius 3 is 2.61 bits per heavy atom. The van der Waals surface area contributed by atoms with Crippen molar-refractivity contribution in [3.63, 3.8) is 0 Å². The molecule has 3 nitrogen and oxygen atoms in total. The van der Waals surface area contributed by atoms with Crippen LogP contribution in [0.3, 0.4) is 0 Å². The summed E-state index contributed by atoms with van der Waals surface area (Å²) in [6.45, 7) is 2.35. The Morgan fingerprint density at radius 2 is 1.83 bits per heavy atom. The third-order valence-electron chi connectivity index (χ3n) is 2.67. The SMILES string of the molecule is Cc1ccc(O)c(/C=N/Cc2ccccc2O)c1. The van der Waals surface area contributed by atoms with Crippen LogP contribution in [0.2, 0.25) is 0 Å². The van der Waals surface area contributed by atoms with Gasteiger partial charge in [-0.1, -0.05) is 29.8 Å². The highest BCUT2D eigenvalue weighted by molar-refractivity contribution is 5.83. The van der Waals surface area contributed by atoms with E-state index >= 15 is 0 Å². The maximum atomic E-state index is 9.65. The van der Waals surface area contributed by atoms with E-state index in [4.69, 9.17) is 0 Å². The summed E-state index contributed by atoms with van der Waals surface area (Å²) in [7, 11) is 0. The number of rotatable bonds is 3. The van der Waals surface area contributed by atoms with E-state index in [0.29, 0.717) is 12.1 Å². The minimum atomic E-state index is 0.210. The van der Waals surface area contributed by atoms with Crippen LogP contribution in [-0.2, 0) is 6.54 Å². The van der Waals surface area contributed by atoms with Crippen LogP contribution in [0, 0.1) is 6.92 Å². The van der Waals surface area contributed by atoms with Gasteiger partial charge in [0.2, 0.25) is 0 Å². The lowest BCUT2D eigenvalue weighted by Crippen LogP contribution is -1.87. The van der Waals surface area contributed by atoms with Crippen LogP contribution in [0.1, 0.15) is 16.7 Å². The Balaban J connectivity index is 2.12. The lowest BCUT2D eigenvalue weighted by molar-refractivity contribution is 0.468. The zero-order valence-corrected chi connectivity index (χ0v) is 10.2. The van der Waals surface area contributed by atoms with Crippen LogP contribution >= 0.6 is 0 Å². The molecular weight excluding hydrogens is 226 g/mol. The molecule has 0 saturated carbocycles. The fourth-order valence-corrected chi connectivity index (χ4v) is 1.66. The van der Waals surface area contributed by atoms with Crippen molar-refractivity contribution in [2.45, 2.75) is 13.5 Å². The number of aryl methyl sites for hydroxylation is 1. The minimum absolute atomic E-state index is 0.210. The lowest BCUT2D eigenvalue weighted by atomic mass is 10.1. The van der Waals surface area contributed by atoms with E-state index in [-0.39, 0.29) is 11.5 Å². The summed E-state index contributed by atoms with van der Waals surface area (Å²) in [6.07, 6.45) is 1.62. The molecule has 2 rings (SSSR count). The van der Waals surface area contributed by atoms with Gasteiger partial charge in [-0.05, 0) is 25.1 Å². The Hall–Kier alpha value is -2.29. The summed E-state index contributed by atoms with van der Waals surface area (Å²) in [4.78, 5) is 4.23. The predicted molar refractivity (Wildman–Crippen MR) is 72.2 cm³/mol. The highest BCUT2D eigenvalue weighted by Crippen LogP contribution is 2.18. The minimum Gasteiger partial charge on any atom is -0.508 e. The number of hydrogen-bond acceptors (Lipinski definition) is 3. The van der Waals surface area contributed by atoms with Gasteiger partial charge >= 0.3 is 0 Å². The molecule has 0 bridgehead atoms. The van der Waals surface area contributed by atoms with Gasteiger partial charge < -0.3 is 10.2 Å². The maximum Gasteiger partial charge on any atom is 0.124 e. The van der Waals surface area contributed by atoms with Crippen molar-refractivity contribution in [3.05, 3.63) is 59.2 Å². The predicted octanol–water partition coefficient (Wildman–Crippen LogP) is 3.03. The number of nitrogens with zero attached hydrogens (tertiary/aromatic N) is 1. The molecule has 0 atom stereocenters. The normalized spacial score (nSPS) is 10.9. The fraction of sp³-hybridized carbons (Fsp3) is 0.133. The fourth-order valence-electron chi connectivity index (χ4n) is 1.66. The highest BCUT2D eigenvalue weighted by atomic mass is 16.3. The van der Waals surface area contributed by atoms with Gasteiger partial charge in [-0.2, -0.15) is 0 Å². The van der Waals surface area contributed by atoms with Crippen LogP contribution in [0.5, 0.6) is 11.5 Å². The third-order valence-corrected chi connectivity index (χ3v) is 2.67. The molecule has 18 heavy (non-hydrogen) atoms. The number of hydrogen-bond donors (Lipinski definition) is 2. The molecule has 0 radical (unpaired) electrons. The average molecular weight is 241 g/mol. The maximum absolute atomic E-state index is 9.65. The number of aromatic hydroxyl groups is 2. The van der Waals surface area contributed by atoms with E-state index < -0.39 is 0 Å². The molecule has 0 aliphatic carbocycles. The van der Waals surface area contributed by atoms with E-state index in [2.05, 4.69) is 4.99 Å². The van der Waals surface area contributed by atoms with Gasteiger partial charge in [-0.3, -0.25) is 4.99 Å². The summed E-state index contributed by atoms with van der Waals surface area (Å²) in [6, 6.07) is 12.4. The summed E-state index contributed by atoms with van der Waals surface area (Å²) in [5.41, 5.74) is 2.52. The van der Waals surface area contributed by atoms with E-state index in [1.165, 1.54) is 0 Å². The highest BCUT2D eigenvalue weighted by Gasteiger charge is 1.99. The first-order valence-electron chi connectivity index (χ1n) is 5.73. The van der Waals surface area contributed by atoms with Crippen molar-refractivity contribution in [1.29, 1.82) is 0 Å². The van der Waals surface area contributed by atoms with Gasteiger partial charge in [0.15, 0.2) is 0 Å². The summed E-state index contributed by atoms with van der Waals surface area (Å²) in [5.74, 6) is 0.449. The second-order valence-electron chi connectivity index (χ2n) is 4.16. The quantitative estimate of drug-likeness (QED) is 0.811. The van der Waals surface area contributed by atoms with E-state index in [9.17, 15) is 10.2 Å². The zero-order valence-electron chi connectivity index (χ0n) is 10.2. The smallest absolute Gasteiger partial charge is 0.124 e. The largest absolute Gasteiger partial charge is 0.508 e. The first kappa shape index (κ1) is 12.2. The van der Waals surface area contributed by atoms with Crippen molar-refractivity contribution >= 4 is 6.21 Å². The van der Waals surface area contributed by atoms with Gasteiger partial charge in [-0.25, -0.2) is 0 Å². The molecule has 0 saturated heterocycles. The number of aliphatic imine (C=N–C) groups is 1. The second-order valence-corrected chi connectivity index (χ2v) is 4.16. The average Bonchev–Trinajstić information content (AvgIpc) is 2.36. The molecule has 0 heterocycles. The second kappa shape index (κ2) is 5.36. The molecule has 2 N–H and O–H groups in total. The third kappa shape index (κ3) is 2.88. The van der Waals surface area contributed by atoms with Gasteiger partial charge in [-0.15, -0.1) is 0 Å². The van der Waals surface area contributed by atoms with Crippen LogP contribution in [0.15, 0.2) is 47.5 Å². The summed E-state index contributed by atoms with van der Waals surface area (Å²) >= 11 is 0. The van der Waals surface area contributed by atoms with Crippen molar-refractivity contribution in [2.75, 3.05) is 0 Å². The van der Waals surface area contributed by atoms with E-state index in [1.807, 2.05) is 31.2 Å². The van der Waals surface area contributed by atoms with Gasteiger partial charge in [0.05, 0.1) is 6.54 Å². The zero-order chi connectivity index (χ0) is 13.0. The lowest BCUT2D eigenvalue weighted by Gasteiger charge is -2.01. The molecule has 0 aliphatic rings. The summed E-state index contributed by atoms with van der Waals surface area (Å²) < 4.78 is 0. The molecule has 2 aromatic rings. The molecule has 0 unspecified atom stereocenters. The van der Waals surface area contributed by atoms with Crippen LogP contribution in [0.25, 0.3) is 0 Å². The number of para-hydroxylation sites is 1. The molecule has 0 aliphatic heterocycles. The Bertz CT molecular complexity index is 576. The Morgan fingerprint density at radius 1 is 1.06 bits per heavy atom. The Labute approximate surface area is 106 Å². The van der Waals surface area contributed by atoms with Crippen LogP contribution in [-0.4, -0.2) is 16.4 Å². The van der Waals surface area contributed by atoms with E-state index in [0.717, 1.165) is 11.1 Å². The van der Waals surface area contributed by atoms with Crippen molar-refractivity contribution in [1.82, 2.24) is 0 Å². The first-order valence-corrected chi connectivity index (χ1v) is 5.73. The van der Waals surface area contributed by atoms with Crippen LogP contribution in [0.4, 0.5) is 0 Å². The first-order chi connectivity index (χ1) is 8.66. The molecule has 3 heteroatoms. The molecule has 2 aromatic carbocycles. The molecule has 0 fully saturated rings. The topological polar surface area (TPSA) is 52.8 Å². The van der Waals surface area contributed by atoms with Crippen molar-refractivity contribution < 1.29 is 10.2 Å². The number of phenolic OH excluding ortho intramolecular Hbond substituents is 2. The number of phenols is 2. The molecule has 92 valence electrons. The molecular formula is C15H15NO2. The molecule has 0 aromatic heterocycles. The Kier molecular flexibility index (Phi) is 3.63.